The van der Waals surface area contributed by atoms with E-state index < -0.39 is 11.6 Å². The predicted octanol–water partition coefficient (Wildman–Crippen LogP) is 3.54. The van der Waals surface area contributed by atoms with Crippen molar-refractivity contribution in [1.82, 2.24) is 15.5 Å². The van der Waals surface area contributed by atoms with Gasteiger partial charge in [0.2, 0.25) is 0 Å². The highest BCUT2D eigenvalue weighted by atomic mass is 127. The van der Waals surface area contributed by atoms with Crippen LogP contribution < -0.4 is 10.6 Å². The van der Waals surface area contributed by atoms with Crippen molar-refractivity contribution in [2.75, 3.05) is 20.6 Å². The summed E-state index contributed by atoms with van der Waals surface area (Å²) in [7, 11) is 3.41. The molecule has 5 nitrogen and oxygen atoms in total. The Morgan fingerprint density at radius 1 is 1.07 bits per heavy atom. The molecule has 0 atom stereocenters. The van der Waals surface area contributed by atoms with E-state index in [1.807, 2.05) is 19.1 Å². The van der Waals surface area contributed by atoms with E-state index in [2.05, 4.69) is 15.6 Å². The summed E-state index contributed by atoms with van der Waals surface area (Å²) in [6, 6.07) is 10.6. The Bertz CT molecular complexity index is 810. The van der Waals surface area contributed by atoms with Crippen molar-refractivity contribution in [3.63, 3.8) is 0 Å². The molecule has 0 saturated heterocycles. The molecule has 0 aliphatic carbocycles. The smallest absolute Gasteiger partial charge is 0.253 e. The number of guanidine groups is 1. The van der Waals surface area contributed by atoms with E-state index in [1.165, 1.54) is 4.90 Å². The molecule has 1 amide bonds. The Balaban J connectivity index is 0.00000392. The summed E-state index contributed by atoms with van der Waals surface area (Å²) in [4.78, 5) is 17.9. The summed E-state index contributed by atoms with van der Waals surface area (Å²) in [5.74, 6) is -0.518. The van der Waals surface area contributed by atoms with Gasteiger partial charge in [-0.3, -0.25) is 4.79 Å². The van der Waals surface area contributed by atoms with Crippen LogP contribution in [0.3, 0.4) is 0 Å². The minimum atomic E-state index is -0.484. The number of nitrogens with one attached hydrogen (secondary N) is 2. The van der Waals surface area contributed by atoms with E-state index in [-0.39, 0.29) is 42.0 Å². The van der Waals surface area contributed by atoms with Gasteiger partial charge >= 0.3 is 0 Å². The average Bonchev–Trinajstić information content (AvgIpc) is 2.66. The normalized spacial score (nSPS) is 10.8. The highest BCUT2D eigenvalue weighted by molar-refractivity contribution is 14.0. The molecule has 0 fully saturated rings. The molecule has 0 radical (unpaired) electrons. The third-order valence-corrected chi connectivity index (χ3v) is 3.83. The van der Waals surface area contributed by atoms with Crippen LogP contribution in [0.1, 0.15) is 28.4 Å². The zero-order valence-electron chi connectivity index (χ0n) is 16.1. The minimum Gasteiger partial charge on any atom is -0.357 e. The molecule has 152 valence electrons. The van der Waals surface area contributed by atoms with Crippen LogP contribution in [0, 0.1) is 11.6 Å². The minimum absolute atomic E-state index is 0. The summed E-state index contributed by atoms with van der Waals surface area (Å²) in [6.45, 7) is 3.05. The van der Waals surface area contributed by atoms with Crippen molar-refractivity contribution in [2.24, 2.45) is 4.99 Å². The SMILES string of the molecule is CCNC(=NCc1ccc(C(=O)N(C)C)cc1)NCc1cc(F)ccc1F.I. The second kappa shape index (κ2) is 11.6. The number of halogens is 3. The fourth-order valence-corrected chi connectivity index (χ4v) is 2.38. The standard InChI is InChI=1S/C20H24F2N4O.HI/c1-4-23-20(25-13-16-11-17(21)9-10-18(16)22)24-12-14-5-7-15(8-6-14)19(27)26(2)3;/h5-11H,4,12-13H2,1-3H3,(H2,23,24,25);1H. The van der Waals surface area contributed by atoms with Crippen molar-refractivity contribution >= 4 is 35.8 Å². The number of benzene rings is 2. The van der Waals surface area contributed by atoms with Crippen LogP contribution in [-0.2, 0) is 13.1 Å². The molecule has 0 bridgehead atoms. The molecule has 2 aromatic carbocycles. The lowest BCUT2D eigenvalue weighted by Crippen LogP contribution is -2.37. The van der Waals surface area contributed by atoms with Gasteiger partial charge in [-0.05, 0) is 42.8 Å². The molecule has 0 aliphatic rings. The zero-order valence-corrected chi connectivity index (χ0v) is 18.5. The van der Waals surface area contributed by atoms with Gasteiger partial charge in [0, 0.05) is 38.3 Å². The Labute approximate surface area is 181 Å². The highest BCUT2D eigenvalue weighted by Gasteiger charge is 2.08. The lowest BCUT2D eigenvalue weighted by Gasteiger charge is -2.12. The van der Waals surface area contributed by atoms with Crippen LogP contribution in [0.4, 0.5) is 8.78 Å². The van der Waals surface area contributed by atoms with Crippen molar-refractivity contribution < 1.29 is 13.6 Å². The van der Waals surface area contributed by atoms with Crippen molar-refractivity contribution in [2.45, 2.75) is 20.0 Å². The quantitative estimate of drug-likeness (QED) is 0.361. The fourth-order valence-electron chi connectivity index (χ4n) is 2.38. The largest absolute Gasteiger partial charge is 0.357 e. The Morgan fingerprint density at radius 3 is 2.36 bits per heavy atom. The highest BCUT2D eigenvalue weighted by Crippen LogP contribution is 2.10. The summed E-state index contributed by atoms with van der Waals surface area (Å²) >= 11 is 0. The van der Waals surface area contributed by atoms with Crippen LogP contribution in [0.25, 0.3) is 0 Å². The molecule has 28 heavy (non-hydrogen) atoms. The molecule has 0 unspecified atom stereocenters. The first kappa shape index (κ1) is 23.8. The molecule has 2 rings (SSSR count). The second-order valence-corrected chi connectivity index (χ2v) is 6.18. The first-order valence-corrected chi connectivity index (χ1v) is 8.67. The fraction of sp³-hybridized carbons (Fsp3) is 0.300. The number of rotatable bonds is 6. The first-order valence-electron chi connectivity index (χ1n) is 8.67. The maximum Gasteiger partial charge on any atom is 0.253 e. The summed E-state index contributed by atoms with van der Waals surface area (Å²) < 4.78 is 27.0. The first-order chi connectivity index (χ1) is 12.9. The lowest BCUT2D eigenvalue weighted by molar-refractivity contribution is 0.0827. The Morgan fingerprint density at radius 2 is 1.75 bits per heavy atom. The number of carbonyl (C=O) groups is 1. The van der Waals surface area contributed by atoms with Crippen LogP contribution in [-0.4, -0.2) is 37.4 Å². The number of hydrogen-bond acceptors (Lipinski definition) is 2. The third kappa shape index (κ3) is 7.06. The maximum atomic E-state index is 13.7. The molecule has 0 aliphatic heterocycles. The van der Waals surface area contributed by atoms with E-state index in [9.17, 15) is 13.6 Å². The van der Waals surface area contributed by atoms with E-state index in [4.69, 9.17) is 0 Å². The van der Waals surface area contributed by atoms with E-state index in [0.717, 1.165) is 23.8 Å². The van der Waals surface area contributed by atoms with Gasteiger partial charge in [0.15, 0.2) is 5.96 Å². The third-order valence-electron chi connectivity index (χ3n) is 3.83. The number of hydrogen-bond donors (Lipinski definition) is 2. The molecule has 8 heteroatoms. The van der Waals surface area contributed by atoms with Crippen LogP contribution in [0.15, 0.2) is 47.5 Å². The van der Waals surface area contributed by atoms with Gasteiger partial charge < -0.3 is 15.5 Å². The van der Waals surface area contributed by atoms with Gasteiger partial charge in [0.25, 0.3) is 5.91 Å². The van der Waals surface area contributed by atoms with Crippen molar-refractivity contribution in [1.29, 1.82) is 0 Å². The van der Waals surface area contributed by atoms with Gasteiger partial charge in [-0.1, -0.05) is 12.1 Å². The summed E-state index contributed by atoms with van der Waals surface area (Å²) in [5, 5.41) is 6.05. The number of nitrogens with zero attached hydrogens (tertiary/aromatic N) is 2. The topological polar surface area (TPSA) is 56.7 Å². The molecule has 0 saturated carbocycles. The van der Waals surface area contributed by atoms with E-state index in [1.54, 1.807) is 26.2 Å². The predicted molar refractivity (Wildman–Crippen MR) is 118 cm³/mol. The molecule has 0 aromatic heterocycles. The van der Waals surface area contributed by atoms with Gasteiger partial charge in [-0.25, -0.2) is 13.8 Å². The Kier molecular flexibility index (Phi) is 9.84. The number of aliphatic imine (C=N–C) groups is 1. The summed E-state index contributed by atoms with van der Waals surface area (Å²) in [6.07, 6.45) is 0. The number of amides is 1. The molecular formula is C20H25F2IN4O. The van der Waals surface area contributed by atoms with Crippen molar-refractivity contribution in [3.05, 3.63) is 70.8 Å². The van der Waals surface area contributed by atoms with Crippen LogP contribution in [0.5, 0.6) is 0 Å². The maximum absolute atomic E-state index is 13.7. The molecule has 2 aromatic rings. The second-order valence-electron chi connectivity index (χ2n) is 6.18. The summed E-state index contributed by atoms with van der Waals surface area (Å²) in [5.41, 5.74) is 1.77. The van der Waals surface area contributed by atoms with Gasteiger partial charge in [-0.2, -0.15) is 0 Å². The van der Waals surface area contributed by atoms with E-state index >= 15 is 0 Å². The van der Waals surface area contributed by atoms with Crippen molar-refractivity contribution in [3.8, 4) is 0 Å². The lowest BCUT2D eigenvalue weighted by atomic mass is 10.1. The van der Waals surface area contributed by atoms with Gasteiger partial charge in [-0.15, -0.1) is 24.0 Å². The molecule has 0 spiro atoms. The monoisotopic (exact) mass is 502 g/mol. The van der Waals surface area contributed by atoms with Gasteiger partial charge in [0.05, 0.1) is 6.54 Å². The molecule has 2 N–H and O–H groups in total. The molecule has 0 heterocycles. The zero-order chi connectivity index (χ0) is 19.8. The Hall–Kier alpha value is -2.23. The van der Waals surface area contributed by atoms with Crippen LogP contribution in [0.2, 0.25) is 0 Å². The van der Waals surface area contributed by atoms with Crippen LogP contribution >= 0.6 is 24.0 Å². The molecular weight excluding hydrogens is 477 g/mol. The van der Waals surface area contributed by atoms with E-state index in [0.29, 0.717) is 24.6 Å². The van der Waals surface area contributed by atoms with Gasteiger partial charge in [0.1, 0.15) is 11.6 Å². The average molecular weight is 502 g/mol. The number of carbonyl (C=O) groups excluding carboxylic acids is 1.